The number of carbonyl (C=O) groups is 4. The van der Waals surface area contributed by atoms with Crippen molar-refractivity contribution in [2.24, 2.45) is 11.8 Å². The number of phosphoric ester groups is 2. The minimum absolute atomic E-state index is 0.105. The van der Waals surface area contributed by atoms with Crippen LogP contribution in [0.2, 0.25) is 0 Å². The van der Waals surface area contributed by atoms with Crippen molar-refractivity contribution in [2.45, 2.75) is 439 Å². The lowest BCUT2D eigenvalue weighted by molar-refractivity contribution is -0.161. The molecule has 0 spiro atoms. The van der Waals surface area contributed by atoms with E-state index in [1.807, 2.05) is 0 Å². The normalized spacial score (nSPS) is 14.5. The van der Waals surface area contributed by atoms with Crippen molar-refractivity contribution < 1.29 is 80.2 Å². The van der Waals surface area contributed by atoms with E-state index in [0.717, 1.165) is 102 Å². The van der Waals surface area contributed by atoms with Gasteiger partial charge in [-0.1, -0.05) is 369 Å². The highest BCUT2D eigenvalue weighted by Gasteiger charge is 2.30. The molecule has 19 heteroatoms. The molecule has 3 N–H and O–H groups in total. The van der Waals surface area contributed by atoms with E-state index in [1.165, 1.54) is 238 Å². The van der Waals surface area contributed by atoms with Gasteiger partial charge in [0.05, 0.1) is 26.4 Å². The minimum atomic E-state index is -4.96. The number of carbonyl (C=O) groups excluding carboxylic acids is 4. The summed E-state index contributed by atoms with van der Waals surface area (Å²) in [5.74, 6) is -0.532. The molecule has 0 aromatic heterocycles. The van der Waals surface area contributed by atoms with Crippen LogP contribution in [0.5, 0.6) is 0 Å². The first-order valence-electron chi connectivity index (χ1n) is 41.6. The van der Waals surface area contributed by atoms with Crippen LogP contribution in [0.4, 0.5) is 0 Å². The minimum Gasteiger partial charge on any atom is -0.462 e. The van der Waals surface area contributed by atoms with E-state index in [1.54, 1.807) is 0 Å². The van der Waals surface area contributed by atoms with Crippen LogP contribution in [0.25, 0.3) is 0 Å². The maximum atomic E-state index is 13.1. The van der Waals surface area contributed by atoms with Crippen molar-refractivity contribution in [3.63, 3.8) is 0 Å². The van der Waals surface area contributed by atoms with Crippen molar-refractivity contribution >= 4 is 39.5 Å². The maximum absolute atomic E-state index is 13.1. The Morgan fingerprint density at radius 3 is 0.717 bits per heavy atom. The second-order valence-electron chi connectivity index (χ2n) is 29.3. The molecule has 588 valence electrons. The fourth-order valence-electron chi connectivity index (χ4n) is 12.3. The van der Waals surface area contributed by atoms with E-state index in [9.17, 15) is 43.2 Å². The molecule has 0 saturated heterocycles. The average Bonchev–Trinajstić information content (AvgIpc) is 0.997. The Kier molecular flexibility index (Phi) is 70.3. The molecular formula is C80H156O17P2. The van der Waals surface area contributed by atoms with Crippen LogP contribution < -0.4 is 0 Å². The molecule has 0 radical (unpaired) electrons. The van der Waals surface area contributed by atoms with Gasteiger partial charge in [-0.15, -0.1) is 0 Å². The number of phosphoric acid groups is 2. The molecule has 0 aromatic rings. The largest absolute Gasteiger partial charge is 0.472 e. The number of ether oxygens (including phenoxy) is 4. The van der Waals surface area contributed by atoms with E-state index in [-0.39, 0.29) is 25.7 Å². The van der Waals surface area contributed by atoms with Crippen LogP contribution in [0.1, 0.15) is 420 Å². The molecule has 0 aliphatic carbocycles. The Balaban J connectivity index is 5.23. The molecular weight excluding hydrogens is 1290 g/mol. The van der Waals surface area contributed by atoms with Gasteiger partial charge in [-0.25, -0.2) is 9.13 Å². The highest BCUT2D eigenvalue weighted by molar-refractivity contribution is 7.47. The molecule has 99 heavy (non-hydrogen) atoms. The molecule has 0 aliphatic rings. The Hall–Kier alpha value is -1.94. The second-order valence-corrected chi connectivity index (χ2v) is 32.2. The number of aliphatic hydroxyl groups excluding tert-OH is 1. The van der Waals surface area contributed by atoms with Crippen molar-refractivity contribution in [3.05, 3.63) is 0 Å². The third-order valence-corrected chi connectivity index (χ3v) is 21.3. The fraction of sp³-hybridized carbons (Fsp3) is 0.950. The van der Waals surface area contributed by atoms with Gasteiger partial charge in [0.1, 0.15) is 19.3 Å². The van der Waals surface area contributed by atoms with Gasteiger partial charge < -0.3 is 33.8 Å². The molecule has 0 aliphatic heterocycles. The van der Waals surface area contributed by atoms with Gasteiger partial charge in [0.15, 0.2) is 12.2 Å². The molecule has 0 heterocycles. The predicted octanol–water partition coefficient (Wildman–Crippen LogP) is 23.9. The van der Waals surface area contributed by atoms with Crippen molar-refractivity contribution in [1.82, 2.24) is 0 Å². The summed E-state index contributed by atoms with van der Waals surface area (Å²) >= 11 is 0. The van der Waals surface area contributed by atoms with Gasteiger partial charge >= 0.3 is 39.5 Å². The van der Waals surface area contributed by atoms with Crippen LogP contribution in [-0.4, -0.2) is 96.7 Å². The molecule has 7 atom stereocenters. The number of esters is 4. The quantitative estimate of drug-likeness (QED) is 0.0222. The first-order chi connectivity index (χ1) is 47.9. The number of rotatable bonds is 79. The van der Waals surface area contributed by atoms with Gasteiger partial charge in [-0.2, -0.15) is 0 Å². The molecule has 0 aromatic carbocycles. The molecule has 0 fully saturated rings. The number of hydrogen-bond acceptors (Lipinski definition) is 15. The summed E-state index contributed by atoms with van der Waals surface area (Å²) < 4.78 is 68.7. The van der Waals surface area contributed by atoms with E-state index in [4.69, 9.17) is 37.0 Å². The molecule has 0 bridgehead atoms. The SMILES string of the molecule is CCCCCCCCCCCCCCCCCCCCCCCC(=O)O[C@H](COC(=O)CCCCCCCCCCCCC(C)CC)COP(=O)(O)OC[C@@H](O)COP(=O)(O)OC[C@@H](COC(=O)CCCCCCCCCCCCCC)OC(=O)CCCCCCCCCCC(C)CC. The average molecular weight is 1450 g/mol. The monoisotopic (exact) mass is 1450 g/mol. The number of unbranched alkanes of at least 4 members (excludes halogenated alkanes) is 47. The van der Waals surface area contributed by atoms with Gasteiger partial charge in [0, 0.05) is 25.7 Å². The van der Waals surface area contributed by atoms with Crippen molar-refractivity contribution in [1.29, 1.82) is 0 Å². The molecule has 4 unspecified atom stereocenters. The first kappa shape index (κ1) is 97.1. The highest BCUT2D eigenvalue weighted by atomic mass is 31.2. The highest BCUT2D eigenvalue weighted by Crippen LogP contribution is 2.45. The fourth-order valence-corrected chi connectivity index (χ4v) is 13.9. The number of hydrogen-bond donors (Lipinski definition) is 3. The van der Waals surface area contributed by atoms with Gasteiger partial charge in [-0.05, 0) is 37.5 Å². The summed E-state index contributed by atoms with van der Waals surface area (Å²) in [6, 6.07) is 0. The Morgan fingerprint density at radius 1 is 0.283 bits per heavy atom. The zero-order chi connectivity index (χ0) is 72.8. The Bertz CT molecular complexity index is 1910. The van der Waals surface area contributed by atoms with Crippen LogP contribution >= 0.6 is 15.6 Å². The zero-order valence-electron chi connectivity index (χ0n) is 64.8. The first-order valence-corrected chi connectivity index (χ1v) is 44.6. The van der Waals surface area contributed by atoms with Crippen LogP contribution in [0.15, 0.2) is 0 Å². The maximum Gasteiger partial charge on any atom is 0.472 e. The predicted molar refractivity (Wildman–Crippen MR) is 405 cm³/mol. The summed E-state index contributed by atoms with van der Waals surface area (Å²) in [5, 5.41) is 10.6. The summed E-state index contributed by atoms with van der Waals surface area (Å²) in [6.07, 6.45) is 61.0. The smallest absolute Gasteiger partial charge is 0.462 e. The summed E-state index contributed by atoms with van der Waals surface area (Å²) in [5.41, 5.74) is 0. The lowest BCUT2D eigenvalue weighted by atomic mass is 9.99. The Morgan fingerprint density at radius 2 is 0.485 bits per heavy atom. The molecule has 17 nitrogen and oxygen atoms in total. The molecule has 0 amide bonds. The summed E-state index contributed by atoms with van der Waals surface area (Å²) in [6.45, 7) is 9.65. The van der Waals surface area contributed by atoms with Gasteiger partial charge in [-0.3, -0.25) is 37.3 Å². The molecule has 0 saturated carbocycles. The van der Waals surface area contributed by atoms with Crippen molar-refractivity contribution in [3.8, 4) is 0 Å². The standard InChI is InChI=1S/C80H156O17P2/c1-7-11-13-15-17-19-21-23-24-25-26-27-28-29-30-31-33-39-46-52-58-64-79(84)96-75(68-91-78(83)63-57-51-45-38-35-34-36-42-48-54-60-72(5)9-3)70-94-98(86,87)92-66-74(81)67-93-99(88,89)95-71-76(97-80(85)65-59-53-47-41-40-43-49-55-61-73(6)10-4)69-90-77(82)62-56-50-44-37-32-22-20-18-16-14-12-8-2/h72-76,81H,7-71H2,1-6H3,(H,86,87)(H,88,89)/t72?,73?,74-,75-,76-/m1/s1. The van der Waals surface area contributed by atoms with Crippen LogP contribution in [0.3, 0.4) is 0 Å². The summed E-state index contributed by atoms with van der Waals surface area (Å²) in [7, 11) is -9.92. The van der Waals surface area contributed by atoms with Gasteiger partial charge in [0.25, 0.3) is 0 Å². The third-order valence-electron chi connectivity index (χ3n) is 19.4. The zero-order valence-corrected chi connectivity index (χ0v) is 66.6. The second kappa shape index (κ2) is 71.7. The lowest BCUT2D eigenvalue weighted by Crippen LogP contribution is -2.30. The summed E-state index contributed by atoms with van der Waals surface area (Å²) in [4.78, 5) is 73.0. The van der Waals surface area contributed by atoms with E-state index < -0.39 is 97.5 Å². The Labute approximate surface area is 607 Å². The van der Waals surface area contributed by atoms with E-state index in [2.05, 4.69) is 41.5 Å². The third kappa shape index (κ3) is 71.5. The van der Waals surface area contributed by atoms with Crippen molar-refractivity contribution in [2.75, 3.05) is 39.6 Å². The topological polar surface area (TPSA) is 237 Å². The van der Waals surface area contributed by atoms with E-state index >= 15 is 0 Å². The van der Waals surface area contributed by atoms with E-state index in [0.29, 0.717) is 25.7 Å². The van der Waals surface area contributed by atoms with Gasteiger partial charge in [0.2, 0.25) is 0 Å². The number of aliphatic hydroxyl groups is 1. The molecule has 0 rings (SSSR count). The lowest BCUT2D eigenvalue weighted by Gasteiger charge is -2.21. The van der Waals surface area contributed by atoms with Crippen LogP contribution in [0, 0.1) is 11.8 Å². The van der Waals surface area contributed by atoms with Crippen LogP contribution in [-0.2, 0) is 65.4 Å².